The minimum absolute atomic E-state index is 0.0394. The van der Waals surface area contributed by atoms with Crippen LogP contribution < -0.4 is 5.56 Å². The minimum atomic E-state index is -0.130. The first-order valence-corrected chi connectivity index (χ1v) is 11.9. The summed E-state index contributed by atoms with van der Waals surface area (Å²) in [4.78, 5) is 26.5. The zero-order chi connectivity index (χ0) is 23.3. The lowest BCUT2D eigenvalue weighted by Gasteiger charge is -2.08. The van der Waals surface area contributed by atoms with Crippen LogP contribution in [0.4, 0.5) is 0 Å². The molecule has 0 bridgehead atoms. The zero-order valence-corrected chi connectivity index (χ0v) is 19.8. The predicted octanol–water partition coefficient (Wildman–Crippen LogP) is 4.13. The monoisotopic (exact) mass is 463 g/mol. The SMILES string of the molecule is Cc1cc(C(=O)CSc2nnc(C3CC3)o2)c(C)n1-c1c(C)n(C)n(-c2ccccc2)c1=O. The highest BCUT2D eigenvalue weighted by Gasteiger charge is 2.30. The second kappa shape index (κ2) is 8.22. The van der Waals surface area contributed by atoms with Gasteiger partial charge in [-0.25, -0.2) is 4.68 Å². The van der Waals surface area contributed by atoms with E-state index in [1.807, 2.05) is 73.5 Å². The smallest absolute Gasteiger partial charge is 0.295 e. The number of Topliss-reactive ketones (excluding diaryl/α,β-unsaturated/α-hetero) is 1. The van der Waals surface area contributed by atoms with Crippen LogP contribution in [0.5, 0.6) is 0 Å². The Bertz CT molecular complexity index is 1410. The highest BCUT2D eigenvalue weighted by atomic mass is 32.2. The maximum absolute atomic E-state index is 13.5. The average molecular weight is 464 g/mol. The van der Waals surface area contributed by atoms with Gasteiger partial charge in [0.2, 0.25) is 5.89 Å². The van der Waals surface area contributed by atoms with Crippen molar-refractivity contribution in [3.8, 4) is 11.4 Å². The number of rotatable bonds is 7. The van der Waals surface area contributed by atoms with Crippen LogP contribution in [0.1, 0.15) is 52.1 Å². The number of aryl methyl sites for hydroxylation is 1. The molecule has 33 heavy (non-hydrogen) atoms. The molecule has 3 heterocycles. The van der Waals surface area contributed by atoms with Gasteiger partial charge in [-0.1, -0.05) is 30.0 Å². The first-order valence-electron chi connectivity index (χ1n) is 10.9. The van der Waals surface area contributed by atoms with Gasteiger partial charge >= 0.3 is 0 Å². The van der Waals surface area contributed by atoms with Gasteiger partial charge in [-0.05, 0) is 51.8 Å². The largest absolute Gasteiger partial charge is 0.416 e. The van der Waals surface area contributed by atoms with Crippen LogP contribution in [0, 0.1) is 20.8 Å². The van der Waals surface area contributed by atoms with Gasteiger partial charge in [0.1, 0.15) is 5.69 Å². The Balaban J connectivity index is 1.45. The van der Waals surface area contributed by atoms with E-state index >= 15 is 0 Å². The molecule has 4 aromatic rings. The van der Waals surface area contributed by atoms with Crippen molar-refractivity contribution >= 4 is 17.5 Å². The quantitative estimate of drug-likeness (QED) is 0.303. The van der Waals surface area contributed by atoms with Gasteiger partial charge in [0.25, 0.3) is 10.8 Å². The topological polar surface area (TPSA) is 87.8 Å². The Hall–Kier alpha value is -3.33. The van der Waals surface area contributed by atoms with E-state index in [4.69, 9.17) is 4.42 Å². The molecule has 0 atom stereocenters. The number of hydrogen-bond acceptors (Lipinski definition) is 6. The third kappa shape index (κ3) is 3.76. The van der Waals surface area contributed by atoms with Crippen LogP contribution in [0.25, 0.3) is 11.4 Å². The van der Waals surface area contributed by atoms with E-state index in [0.29, 0.717) is 28.3 Å². The lowest BCUT2D eigenvalue weighted by atomic mass is 10.2. The molecule has 0 N–H and O–H groups in total. The van der Waals surface area contributed by atoms with Crippen molar-refractivity contribution < 1.29 is 9.21 Å². The van der Waals surface area contributed by atoms with Crippen LogP contribution in [0.2, 0.25) is 0 Å². The number of carbonyl (C=O) groups excluding carboxylic acids is 1. The van der Waals surface area contributed by atoms with Crippen molar-refractivity contribution in [2.75, 3.05) is 5.75 Å². The Labute approximate surface area is 195 Å². The highest BCUT2D eigenvalue weighted by Crippen LogP contribution is 2.39. The van der Waals surface area contributed by atoms with Crippen LogP contribution >= 0.6 is 11.8 Å². The Morgan fingerprint density at radius 3 is 2.55 bits per heavy atom. The number of aromatic nitrogens is 5. The molecule has 5 rings (SSSR count). The van der Waals surface area contributed by atoms with E-state index in [1.165, 1.54) is 11.8 Å². The fraction of sp³-hybridized carbons (Fsp3) is 0.333. The maximum atomic E-state index is 13.5. The van der Waals surface area contributed by atoms with Gasteiger partial charge in [0.15, 0.2) is 5.78 Å². The van der Waals surface area contributed by atoms with Crippen LogP contribution in [-0.2, 0) is 7.05 Å². The van der Waals surface area contributed by atoms with Gasteiger partial charge in [-0.2, -0.15) is 0 Å². The molecular formula is C24H25N5O3S. The van der Waals surface area contributed by atoms with E-state index in [0.717, 1.165) is 35.6 Å². The Morgan fingerprint density at radius 2 is 1.85 bits per heavy atom. The lowest BCUT2D eigenvalue weighted by Crippen LogP contribution is -2.22. The van der Waals surface area contributed by atoms with Crippen molar-refractivity contribution in [3.63, 3.8) is 0 Å². The standard InChI is InChI=1S/C24H25N5O3S/c1-14-12-19(20(30)13-33-24-26-25-22(32-24)17-10-11-17)15(2)28(14)21-16(3)27(4)29(23(21)31)18-8-6-5-7-9-18/h5-9,12,17H,10-11,13H2,1-4H3. The normalized spacial score (nSPS) is 13.6. The number of benzene rings is 1. The molecule has 0 aliphatic heterocycles. The maximum Gasteiger partial charge on any atom is 0.295 e. The predicted molar refractivity (Wildman–Crippen MR) is 126 cm³/mol. The molecule has 1 aliphatic carbocycles. The number of hydrogen-bond donors (Lipinski definition) is 0. The minimum Gasteiger partial charge on any atom is -0.416 e. The van der Waals surface area contributed by atoms with E-state index in [9.17, 15) is 9.59 Å². The molecule has 8 nitrogen and oxygen atoms in total. The summed E-state index contributed by atoms with van der Waals surface area (Å²) in [6, 6.07) is 11.4. The molecule has 1 aromatic carbocycles. The van der Waals surface area contributed by atoms with Gasteiger partial charge in [0.05, 0.1) is 17.1 Å². The summed E-state index contributed by atoms with van der Waals surface area (Å²) in [6.07, 6.45) is 2.17. The molecule has 9 heteroatoms. The van der Waals surface area contributed by atoms with Crippen molar-refractivity contribution in [2.45, 2.75) is 44.8 Å². The van der Waals surface area contributed by atoms with Crippen LogP contribution in [-0.4, -0.2) is 35.7 Å². The summed E-state index contributed by atoms with van der Waals surface area (Å²) in [5.74, 6) is 1.20. The third-order valence-corrected chi connectivity index (χ3v) is 6.97. The lowest BCUT2D eigenvalue weighted by molar-refractivity contribution is 0.102. The Kier molecular flexibility index (Phi) is 5.36. The third-order valence-electron chi connectivity index (χ3n) is 6.15. The molecule has 1 fully saturated rings. The van der Waals surface area contributed by atoms with E-state index in [1.54, 1.807) is 4.68 Å². The number of ketones is 1. The average Bonchev–Trinajstić information content (AvgIpc) is 3.42. The van der Waals surface area contributed by atoms with Crippen molar-refractivity contribution in [2.24, 2.45) is 7.05 Å². The summed E-state index contributed by atoms with van der Waals surface area (Å²) in [7, 11) is 1.87. The molecular weight excluding hydrogens is 438 g/mol. The number of carbonyl (C=O) groups is 1. The van der Waals surface area contributed by atoms with Gasteiger partial charge in [-0.15, -0.1) is 10.2 Å². The van der Waals surface area contributed by atoms with Crippen LogP contribution in [0.3, 0.4) is 0 Å². The van der Waals surface area contributed by atoms with Crippen molar-refractivity contribution in [1.29, 1.82) is 0 Å². The molecule has 0 radical (unpaired) electrons. The second-order valence-corrected chi connectivity index (χ2v) is 9.35. The fourth-order valence-corrected chi connectivity index (χ4v) is 4.83. The summed E-state index contributed by atoms with van der Waals surface area (Å²) in [6.45, 7) is 5.70. The van der Waals surface area contributed by atoms with E-state index in [2.05, 4.69) is 10.2 Å². The van der Waals surface area contributed by atoms with Gasteiger partial charge in [-0.3, -0.25) is 14.3 Å². The molecule has 0 saturated heterocycles. The fourth-order valence-electron chi connectivity index (χ4n) is 4.18. The molecule has 1 aliphatic rings. The van der Waals surface area contributed by atoms with Crippen LogP contribution in [0.15, 0.2) is 50.8 Å². The van der Waals surface area contributed by atoms with E-state index in [-0.39, 0.29) is 17.1 Å². The first kappa shape index (κ1) is 21.5. The second-order valence-electron chi connectivity index (χ2n) is 8.42. The van der Waals surface area contributed by atoms with Crippen molar-refractivity contribution in [1.82, 2.24) is 24.1 Å². The molecule has 1 saturated carbocycles. The number of thioether (sulfide) groups is 1. The molecule has 0 spiro atoms. The summed E-state index contributed by atoms with van der Waals surface area (Å²) >= 11 is 1.25. The van der Waals surface area contributed by atoms with E-state index < -0.39 is 0 Å². The molecule has 3 aromatic heterocycles. The van der Waals surface area contributed by atoms with Gasteiger partial charge < -0.3 is 8.98 Å². The summed E-state index contributed by atoms with van der Waals surface area (Å²) in [5, 5.41) is 8.53. The Morgan fingerprint density at radius 1 is 1.12 bits per heavy atom. The first-order chi connectivity index (χ1) is 15.9. The van der Waals surface area contributed by atoms with Crippen molar-refractivity contribution in [3.05, 3.63) is 75.3 Å². The zero-order valence-electron chi connectivity index (χ0n) is 19.0. The number of nitrogens with zero attached hydrogens (tertiary/aromatic N) is 5. The molecule has 0 unspecified atom stereocenters. The molecule has 170 valence electrons. The molecule has 0 amide bonds. The highest BCUT2D eigenvalue weighted by molar-refractivity contribution is 7.99. The summed E-state index contributed by atoms with van der Waals surface area (Å²) < 4.78 is 11.0. The summed E-state index contributed by atoms with van der Waals surface area (Å²) in [5.41, 5.74) is 4.20. The van der Waals surface area contributed by atoms with Gasteiger partial charge in [0, 0.05) is 29.9 Å². The number of para-hydroxylation sites is 1.